The lowest BCUT2D eigenvalue weighted by molar-refractivity contribution is -0.141. The van der Waals surface area contributed by atoms with E-state index in [1.165, 1.54) is 6.92 Å². The van der Waals surface area contributed by atoms with Gasteiger partial charge >= 0.3 is 5.97 Å². The highest BCUT2D eigenvalue weighted by molar-refractivity contribution is 5.86. The number of nitrogens with two attached hydrogens (primary N) is 3. The third kappa shape index (κ3) is 7.12. The minimum Gasteiger partial charge on any atom is -0.480 e. The summed E-state index contributed by atoms with van der Waals surface area (Å²) in [7, 11) is 0. The van der Waals surface area contributed by atoms with Crippen LogP contribution in [0.4, 0.5) is 0 Å². The first-order chi connectivity index (χ1) is 8.38. The number of guanidine groups is 1. The Labute approximate surface area is 101 Å². The standard InChI is InChI=1S/C9H19N5O3/c1-5(8(16)17)14-7(15)6(10)3-2-4-13-9(11)12/h5-6H,2-4,10H2,1H3,(H,14,15)(H,16,17)(H4,11,12,13)/t5-,6-/m0/s1/i/hD. The Balaban J connectivity index is 4.12. The fraction of sp³-hybridized carbons (Fsp3) is 0.667. The SMILES string of the molecule is [2H]N[C@@H](CCCN=C(N)N)C(=O)N[C@@H](C)C(=O)O. The molecule has 17 heavy (non-hydrogen) atoms. The van der Waals surface area contributed by atoms with Gasteiger partial charge in [0.25, 0.3) is 0 Å². The van der Waals surface area contributed by atoms with Gasteiger partial charge in [-0.2, -0.15) is 0 Å². The van der Waals surface area contributed by atoms with E-state index < -0.39 is 24.0 Å². The molecule has 98 valence electrons. The van der Waals surface area contributed by atoms with Crippen LogP contribution >= 0.6 is 0 Å². The number of hydrogen-bond donors (Lipinski definition) is 5. The molecule has 0 aliphatic rings. The highest BCUT2D eigenvalue weighted by Crippen LogP contribution is 1.96. The van der Waals surface area contributed by atoms with Crippen molar-refractivity contribution in [3.05, 3.63) is 0 Å². The second-order valence-corrected chi connectivity index (χ2v) is 3.57. The zero-order valence-electron chi connectivity index (χ0n) is 10.6. The van der Waals surface area contributed by atoms with Gasteiger partial charge in [-0.25, -0.2) is 0 Å². The molecule has 0 aliphatic heterocycles. The molecule has 0 unspecified atom stereocenters. The second-order valence-electron chi connectivity index (χ2n) is 3.57. The number of carbonyl (C=O) groups excluding carboxylic acids is 1. The summed E-state index contributed by atoms with van der Waals surface area (Å²) in [5.74, 6) is -1.70. The molecule has 0 spiro atoms. The van der Waals surface area contributed by atoms with Gasteiger partial charge in [-0.15, -0.1) is 0 Å². The van der Waals surface area contributed by atoms with E-state index in [1.807, 2.05) is 0 Å². The van der Waals surface area contributed by atoms with Gasteiger partial charge < -0.3 is 27.6 Å². The van der Waals surface area contributed by atoms with Crippen molar-refractivity contribution < 1.29 is 16.1 Å². The summed E-state index contributed by atoms with van der Waals surface area (Å²) in [6, 6.07) is -1.79. The van der Waals surface area contributed by atoms with Crippen molar-refractivity contribution in [1.82, 2.24) is 5.32 Å². The van der Waals surface area contributed by atoms with Gasteiger partial charge in [-0.05, 0) is 19.8 Å². The molecule has 0 aromatic carbocycles. The zero-order valence-corrected chi connectivity index (χ0v) is 9.64. The topological polar surface area (TPSA) is 157 Å². The number of hydrogen-bond acceptors (Lipinski definition) is 4. The lowest BCUT2D eigenvalue weighted by Crippen LogP contribution is -2.47. The molecule has 0 aliphatic carbocycles. The summed E-state index contributed by atoms with van der Waals surface area (Å²) in [5, 5.41) is 10.9. The Bertz CT molecular complexity index is 319. The number of carbonyl (C=O) groups is 2. The van der Waals surface area contributed by atoms with Crippen molar-refractivity contribution in [2.75, 3.05) is 6.54 Å². The molecule has 1 amide bonds. The molecule has 8 heteroatoms. The average molecular weight is 246 g/mol. The van der Waals surface area contributed by atoms with Gasteiger partial charge in [0, 0.05) is 6.54 Å². The van der Waals surface area contributed by atoms with Gasteiger partial charge in [0.15, 0.2) is 5.96 Å². The van der Waals surface area contributed by atoms with Gasteiger partial charge in [-0.1, -0.05) is 0 Å². The quantitative estimate of drug-likeness (QED) is 0.188. The van der Waals surface area contributed by atoms with Gasteiger partial charge in [-0.3, -0.25) is 14.6 Å². The van der Waals surface area contributed by atoms with E-state index in [-0.39, 0.29) is 5.96 Å². The Kier molecular flexibility index (Phi) is 5.80. The highest BCUT2D eigenvalue weighted by atomic mass is 16.4. The third-order valence-electron chi connectivity index (χ3n) is 1.99. The molecule has 0 heterocycles. The Morgan fingerprint density at radius 1 is 1.53 bits per heavy atom. The van der Waals surface area contributed by atoms with Crippen molar-refractivity contribution >= 4 is 17.8 Å². The molecule has 0 fully saturated rings. The number of amides is 1. The Morgan fingerprint density at radius 3 is 2.65 bits per heavy atom. The summed E-state index contributed by atoms with van der Waals surface area (Å²) >= 11 is 0. The highest BCUT2D eigenvalue weighted by Gasteiger charge is 2.18. The first-order valence-electron chi connectivity index (χ1n) is 5.64. The summed E-state index contributed by atoms with van der Waals surface area (Å²) < 4.78 is 7.02. The van der Waals surface area contributed by atoms with Gasteiger partial charge in [0.05, 0.1) is 6.04 Å². The Morgan fingerprint density at radius 2 is 2.18 bits per heavy atom. The minimum atomic E-state index is -1.13. The molecule has 0 bridgehead atoms. The van der Waals surface area contributed by atoms with Crippen LogP contribution in [0.5, 0.6) is 0 Å². The maximum atomic E-state index is 11.6. The fourth-order valence-electron chi connectivity index (χ4n) is 1.01. The number of aliphatic carboxylic acids is 1. The van der Waals surface area contributed by atoms with Crippen molar-refractivity contribution in [2.24, 2.45) is 22.2 Å². The van der Waals surface area contributed by atoms with Crippen molar-refractivity contribution in [1.29, 1.82) is 0 Å². The number of nitrogens with one attached hydrogen (secondary N) is 1. The predicted molar refractivity (Wildman–Crippen MR) is 63.1 cm³/mol. The van der Waals surface area contributed by atoms with Crippen LogP contribution in [0, 0.1) is 0 Å². The average Bonchev–Trinajstić information content (AvgIpc) is 2.28. The van der Waals surface area contributed by atoms with Crippen LogP contribution in [0.25, 0.3) is 0 Å². The molecule has 8 N–H and O–H groups in total. The number of carboxylic acid groups (broad SMARTS) is 1. The van der Waals surface area contributed by atoms with Crippen molar-refractivity contribution in [2.45, 2.75) is 31.8 Å². The second kappa shape index (κ2) is 7.44. The maximum absolute atomic E-state index is 11.6. The van der Waals surface area contributed by atoms with Crippen molar-refractivity contribution in [3.63, 3.8) is 0 Å². The molecule has 0 saturated carbocycles. The van der Waals surface area contributed by atoms with Gasteiger partial charge in [0.2, 0.25) is 5.91 Å². The smallest absolute Gasteiger partial charge is 0.325 e. The normalized spacial score (nSPS) is 14.3. The van der Waals surface area contributed by atoms with E-state index in [4.69, 9.17) is 18.0 Å². The van der Waals surface area contributed by atoms with Crippen LogP contribution in [0.1, 0.15) is 19.8 Å². The molecular weight excluding hydrogens is 226 g/mol. The number of aliphatic imine (C=N–C) groups is 1. The lowest BCUT2D eigenvalue weighted by Gasteiger charge is -2.14. The number of rotatable bonds is 8. The van der Waals surface area contributed by atoms with E-state index in [1.54, 1.807) is 0 Å². The molecule has 0 saturated heterocycles. The number of carboxylic acids is 1. The molecule has 8 nitrogen and oxygen atoms in total. The largest absolute Gasteiger partial charge is 0.480 e. The van der Waals surface area contributed by atoms with E-state index in [0.717, 1.165) is 0 Å². The molecule has 0 aromatic heterocycles. The van der Waals surface area contributed by atoms with E-state index in [2.05, 4.69) is 16.0 Å². The lowest BCUT2D eigenvalue weighted by atomic mass is 10.1. The van der Waals surface area contributed by atoms with Crippen LogP contribution in [0.3, 0.4) is 0 Å². The molecule has 2 atom stereocenters. The summed E-state index contributed by atoms with van der Waals surface area (Å²) in [6.45, 7) is 1.70. The predicted octanol–water partition coefficient (Wildman–Crippen LogP) is -2.04. The first kappa shape index (κ1) is 13.2. The van der Waals surface area contributed by atoms with E-state index in [0.29, 0.717) is 19.4 Å². The van der Waals surface area contributed by atoms with Crippen LogP contribution in [0.15, 0.2) is 4.99 Å². The maximum Gasteiger partial charge on any atom is 0.325 e. The van der Waals surface area contributed by atoms with Crippen LogP contribution in [-0.2, 0) is 9.59 Å². The molecule has 0 rings (SSSR count). The molecule has 0 aromatic rings. The first-order valence-corrected chi connectivity index (χ1v) is 5.14. The fourth-order valence-corrected chi connectivity index (χ4v) is 1.01. The van der Waals surface area contributed by atoms with E-state index in [9.17, 15) is 9.59 Å². The summed E-state index contributed by atoms with van der Waals surface area (Å²) in [6.07, 6.45) is 0.835. The zero-order chi connectivity index (χ0) is 14.1. The van der Waals surface area contributed by atoms with Crippen molar-refractivity contribution in [3.8, 4) is 0 Å². The van der Waals surface area contributed by atoms with E-state index >= 15 is 0 Å². The molecular formula is C9H19N5O3. The minimum absolute atomic E-state index is 0.0330. The monoisotopic (exact) mass is 246 g/mol. The summed E-state index contributed by atoms with van der Waals surface area (Å²) in [5.41, 5.74) is 12.3. The Hall–Kier alpha value is -1.83. The van der Waals surface area contributed by atoms with Crippen LogP contribution in [0.2, 0.25) is 1.41 Å². The third-order valence-corrected chi connectivity index (χ3v) is 1.99. The van der Waals surface area contributed by atoms with Gasteiger partial charge in [0.1, 0.15) is 7.45 Å². The molecule has 0 radical (unpaired) electrons. The van der Waals surface area contributed by atoms with Crippen LogP contribution in [-0.4, -0.2) is 41.6 Å². The summed E-state index contributed by atoms with van der Waals surface area (Å²) in [4.78, 5) is 25.9. The van der Waals surface area contributed by atoms with Crippen LogP contribution < -0.4 is 22.5 Å². The number of nitrogens with zero attached hydrogens (tertiary/aromatic N) is 1.